The number of fused-ring (bicyclic) bond motifs is 4. The molecule has 0 aromatic heterocycles. The zero-order chi connectivity index (χ0) is 48.9. The van der Waals surface area contributed by atoms with Crippen molar-refractivity contribution in [3.05, 3.63) is 11.6 Å². The predicted octanol–water partition coefficient (Wildman–Crippen LogP) is -1.04. The van der Waals surface area contributed by atoms with Crippen LogP contribution in [0.1, 0.15) is 99.8 Å². The van der Waals surface area contributed by atoms with Crippen LogP contribution in [0.15, 0.2) is 11.6 Å². The van der Waals surface area contributed by atoms with Gasteiger partial charge in [-0.15, -0.1) is 0 Å². The van der Waals surface area contributed by atoms with Crippen molar-refractivity contribution in [2.24, 2.45) is 45.3 Å². The molecule has 8 aliphatic rings. The molecule has 4 aliphatic carbocycles. The number of ether oxygens (including phenoxy) is 7. The van der Waals surface area contributed by atoms with Gasteiger partial charge in [0.15, 0.2) is 18.9 Å². The van der Waals surface area contributed by atoms with Gasteiger partial charge < -0.3 is 94.4 Å². The van der Waals surface area contributed by atoms with Crippen LogP contribution in [0.4, 0.5) is 0 Å². The van der Waals surface area contributed by atoms with Crippen molar-refractivity contribution in [2.75, 3.05) is 26.4 Å². The fraction of sp³-hybridized carbons (Fsp3) is 0.958. The Bertz CT molecular complexity index is 1750. The van der Waals surface area contributed by atoms with E-state index in [-0.39, 0.29) is 35.4 Å². The molecule has 8 rings (SSSR count). The average molecular weight is 961 g/mol. The summed E-state index contributed by atoms with van der Waals surface area (Å²) in [6.07, 6.45) is -14.1. The second kappa shape index (κ2) is 19.1. The monoisotopic (exact) mass is 961 g/mol. The largest absolute Gasteiger partial charge is 0.394 e. The molecule has 19 nitrogen and oxygen atoms in total. The molecule has 0 amide bonds. The number of hydrogen-bond donors (Lipinski definition) is 12. The van der Waals surface area contributed by atoms with E-state index in [1.54, 1.807) is 0 Å². The fourth-order valence-corrected chi connectivity index (χ4v) is 15.0. The SMILES string of the molecule is C/C(=C\CC[C@@H](C)[C@H]1CC[C@@]2(C)[C@@H]3C[C@H]4O[C@@]45[C@@H](CC[C@H](O[C@@H]4O[C@H](CO)[C@@H](O)[C@H](O)[C@H]4O)C5(C)C)[C@]3(C)[C@H](O)C[C@]12C)CO[C@@H]1O[C@H](CO[C@@H]2O[C@H](CO)[C@@H](O)[C@H](O)[C@H]2O)[C@@H](O)[C@H](O)[C@H]1O. The minimum absolute atomic E-state index is 0.0332. The first-order chi connectivity index (χ1) is 31.4. The van der Waals surface area contributed by atoms with Gasteiger partial charge in [-0.05, 0) is 92.8 Å². The van der Waals surface area contributed by atoms with E-state index in [1.165, 1.54) is 0 Å². The first-order valence-corrected chi connectivity index (χ1v) is 24.6. The number of aliphatic hydroxyl groups is 12. The summed E-state index contributed by atoms with van der Waals surface area (Å²) in [5.41, 5.74) is -0.851. The van der Waals surface area contributed by atoms with E-state index in [0.29, 0.717) is 24.7 Å². The van der Waals surface area contributed by atoms with E-state index >= 15 is 0 Å². The lowest BCUT2D eigenvalue weighted by Crippen LogP contribution is -2.70. The molecule has 4 saturated heterocycles. The van der Waals surface area contributed by atoms with Crippen LogP contribution < -0.4 is 0 Å². The van der Waals surface area contributed by atoms with E-state index < -0.39 is 141 Å². The first kappa shape index (κ1) is 52.3. The number of rotatable bonds is 14. The van der Waals surface area contributed by atoms with Gasteiger partial charge in [-0.25, -0.2) is 0 Å². The lowest BCUT2D eigenvalue weighted by atomic mass is 9.36. The normalized spacial score (nSPS) is 54.4. The van der Waals surface area contributed by atoms with Crippen LogP contribution in [-0.2, 0) is 33.2 Å². The third kappa shape index (κ3) is 8.32. The molecule has 4 saturated carbocycles. The van der Waals surface area contributed by atoms with Crippen molar-refractivity contribution in [3.63, 3.8) is 0 Å². The summed E-state index contributed by atoms with van der Waals surface area (Å²) in [6, 6.07) is 0. The second-order valence-corrected chi connectivity index (χ2v) is 22.9. The van der Waals surface area contributed by atoms with Crippen LogP contribution in [0, 0.1) is 45.3 Å². The Morgan fingerprint density at radius 1 is 0.657 bits per heavy atom. The van der Waals surface area contributed by atoms with Gasteiger partial charge in [0.2, 0.25) is 0 Å². The lowest BCUT2D eigenvalue weighted by Gasteiger charge is -2.68. The Labute approximate surface area is 392 Å². The molecule has 0 aromatic rings. The minimum atomic E-state index is -1.67. The first-order valence-electron chi connectivity index (χ1n) is 24.6. The van der Waals surface area contributed by atoms with Crippen molar-refractivity contribution >= 4 is 0 Å². The molecule has 19 heteroatoms. The summed E-state index contributed by atoms with van der Waals surface area (Å²) in [4.78, 5) is 0. The van der Waals surface area contributed by atoms with Gasteiger partial charge >= 0.3 is 0 Å². The standard InChI is InChI=1S/C48H80O19/c1-21(19-61-41-39(59)37(57)34(54)26(65-41)20-62-42-38(58)35(55)32(52)24(17-49)63-42)9-8-10-22(2)23-13-14-45(5)28-15-31-48(67-31)27(47(28,7)29(51)16-46(23,45)6)11-12-30(44(48,3)4)66-43-40(60)36(56)33(53)25(18-50)64-43/h9,22-43,49-60H,8,10-20H2,1-7H3/b21-9+/t22-,23-,24-,25-,26-,27+,28+,29-,30+,31-,32-,33-,34-,35+,36+,37+,38-,39-,40-,41-,42-,43+,45+,46-,47+,48+/m1/s1. The van der Waals surface area contributed by atoms with Gasteiger partial charge in [-0.1, -0.05) is 53.2 Å². The second-order valence-electron chi connectivity index (χ2n) is 22.9. The molecule has 0 radical (unpaired) electrons. The molecular weight excluding hydrogens is 881 g/mol. The molecule has 12 N–H and O–H groups in total. The maximum atomic E-state index is 12.6. The Kier molecular flexibility index (Phi) is 14.9. The Morgan fingerprint density at radius 3 is 1.82 bits per heavy atom. The molecule has 8 fully saturated rings. The van der Waals surface area contributed by atoms with Crippen LogP contribution in [0.5, 0.6) is 0 Å². The highest BCUT2D eigenvalue weighted by molar-refractivity contribution is 5.30. The van der Waals surface area contributed by atoms with Crippen LogP contribution >= 0.6 is 0 Å². The van der Waals surface area contributed by atoms with E-state index in [4.69, 9.17) is 33.2 Å². The number of hydrogen-bond acceptors (Lipinski definition) is 19. The number of aliphatic hydroxyl groups excluding tert-OH is 12. The maximum Gasteiger partial charge on any atom is 0.187 e. The van der Waals surface area contributed by atoms with E-state index in [1.807, 2.05) is 6.92 Å². The zero-order valence-electron chi connectivity index (χ0n) is 40.0. The molecule has 0 aromatic carbocycles. The Morgan fingerprint density at radius 2 is 1.21 bits per heavy atom. The van der Waals surface area contributed by atoms with E-state index in [9.17, 15) is 61.3 Å². The van der Waals surface area contributed by atoms with E-state index in [0.717, 1.165) is 44.1 Å². The van der Waals surface area contributed by atoms with Crippen LogP contribution in [0.25, 0.3) is 0 Å². The third-order valence-corrected chi connectivity index (χ3v) is 19.3. The Balaban J connectivity index is 0.866. The lowest BCUT2D eigenvalue weighted by molar-refractivity contribution is -0.330. The maximum absolute atomic E-state index is 12.6. The van der Waals surface area contributed by atoms with Crippen molar-refractivity contribution in [1.82, 2.24) is 0 Å². The van der Waals surface area contributed by atoms with E-state index in [2.05, 4.69) is 47.6 Å². The quantitative estimate of drug-likeness (QED) is 0.0562. The molecule has 4 heterocycles. The third-order valence-electron chi connectivity index (χ3n) is 19.3. The van der Waals surface area contributed by atoms with Crippen LogP contribution in [-0.4, -0.2) is 204 Å². The zero-order valence-corrected chi connectivity index (χ0v) is 40.0. The van der Waals surface area contributed by atoms with Gasteiger partial charge in [0, 0.05) is 10.8 Å². The molecule has 386 valence electrons. The van der Waals surface area contributed by atoms with Gasteiger partial charge in [0.1, 0.15) is 78.8 Å². The highest BCUT2D eigenvalue weighted by Gasteiger charge is 2.83. The summed E-state index contributed by atoms with van der Waals surface area (Å²) in [5.74, 6) is 0.978. The predicted molar refractivity (Wildman–Crippen MR) is 233 cm³/mol. The summed E-state index contributed by atoms with van der Waals surface area (Å²) < 4.78 is 41.7. The molecule has 4 aliphatic heterocycles. The van der Waals surface area contributed by atoms with Crippen molar-refractivity contribution < 1.29 is 94.4 Å². The summed E-state index contributed by atoms with van der Waals surface area (Å²) in [6.45, 7) is 14.0. The van der Waals surface area contributed by atoms with Gasteiger partial charge in [-0.3, -0.25) is 0 Å². The summed E-state index contributed by atoms with van der Waals surface area (Å²) in [5, 5.41) is 126. The highest BCUT2D eigenvalue weighted by Crippen LogP contribution is 2.80. The van der Waals surface area contributed by atoms with Crippen LogP contribution in [0.3, 0.4) is 0 Å². The van der Waals surface area contributed by atoms with Gasteiger partial charge in [0.25, 0.3) is 0 Å². The van der Waals surface area contributed by atoms with Gasteiger partial charge in [0.05, 0.1) is 44.7 Å². The minimum Gasteiger partial charge on any atom is -0.394 e. The molecule has 1 spiro atoms. The molecule has 67 heavy (non-hydrogen) atoms. The summed E-state index contributed by atoms with van der Waals surface area (Å²) >= 11 is 0. The smallest absolute Gasteiger partial charge is 0.187 e. The topological polar surface area (TPSA) is 311 Å². The Hall–Kier alpha value is -1.02. The molecular formula is C48H80O19. The molecule has 26 atom stereocenters. The van der Waals surface area contributed by atoms with Crippen molar-refractivity contribution in [1.29, 1.82) is 0 Å². The van der Waals surface area contributed by atoms with Crippen molar-refractivity contribution in [2.45, 2.75) is 216 Å². The average Bonchev–Trinajstić information content (AvgIpc) is 3.97. The van der Waals surface area contributed by atoms with Crippen LogP contribution in [0.2, 0.25) is 0 Å². The van der Waals surface area contributed by atoms with Gasteiger partial charge in [-0.2, -0.15) is 0 Å². The van der Waals surface area contributed by atoms with Crippen molar-refractivity contribution in [3.8, 4) is 0 Å². The summed E-state index contributed by atoms with van der Waals surface area (Å²) in [7, 11) is 0. The fourth-order valence-electron chi connectivity index (χ4n) is 15.0. The number of allylic oxidation sites excluding steroid dienone is 1. The number of epoxide rings is 1. The molecule has 0 bridgehead atoms. The highest BCUT2D eigenvalue weighted by atomic mass is 16.7. The molecule has 0 unspecified atom stereocenters.